The van der Waals surface area contributed by atoms with Crippen molar-refractivity contribution < 1.29 is 4.79 Å². The fourth-order valence-corrected chi connectivity index (χ4v) is 0.948. The van der Waals surface area contributed by atoms with Crippen molar-refractivity contribution in [2.45, 2.75) is 13.3 Å². The molecule has 0 aliphatic carbocycles. The molecule has 2 N–H and O–H groups in total. The molecule has 5 heteroatoms. The van der Waals surface area contributed by atoms with Crippen molar-refractivity contribution in [3.63, 3.8) is 0 Å². The molecule has 1 aromatic heterocycles. The summed E-state index contributed by atoms with van der Waals surface area (Å²) in [6, 6.07) is 0. The van der Waals surface area contributed by atoms with E-state index in [1.807, 2.05) is 6.92 Å². The number of rotatable bonds is 5. The molecule has 0 spiro atoms. The molecule has 0 fully saturated rings. The molecule has 0 aliphatic rings. The summed E-state index contributed by atoms with van der Waals surface area (Å²) in [5.41, 5.74) is 0. The highest BCUT2D eigenvalue weighted by atomic mass is 16.1. The summed E-state index contributed by atoms with van der Waals surface area (Å²) >= 11 is 0. The molecule has 0 atom stereocenters. The molecule has 1 heterocycles. The topological polar surface area (TPSA) is 66.9 Å². The quantitative estimate of drug-likeness (QED) is 0.666. The zero-order chi connectivity index (χ0) is 10.2. The second kappa shape index (κ2) is 6.04. The Kier molecular flexibility index (Phi) is 4.57. The molecule has 1 amide bonds. The molecular formula is C9H14N4O. The van der Waals surface area contributed by atoms with Gasteiger partial charge in [-0.25, -0.2) is 4.98 Å². The summed E-state index contributed by atoms with van der Waals surface area (Å²) in [6.45, 7) is 3.56. The van der Waals surface area contributed by atoms with E-state index in [0.29, 0.717) is 18.8 Å². The fraction of sp³-hybridized carbons (Fsp3) is 0.444. The van der Waals surface area contributed by atoms with Gasteiger partial charge >= 0.3 is 0 Å². The predicted octanol–water partition coefficient (Wildman–Crippen LogP) is 0.415. The van der Waals surface area contributed by atoms with Crippen LogP contribution in [0.2, 0.25) is 0 Å². The number of nitrogens with one attached hydrogen (secondary N) is 2. The number of nitrogens with zero attached hydrogens (tertiary/aromatic N) is 2. The van der Waals surface area contributed by atoms with Gasteiger partial charge in [0.05, 0.1) is 6.20 Å². The van der Waals surface area contributed by atoms with E-state index in [1.165, 1.54) is 6.20 Å². The van der Waals surface area contributed by atoms with Crippen LogP contribution in [0, 0.1) is 0 Å². The van der Waals surface area contributed by atoms with Crippen LogP contribution in [0.5, 0.6) is 0 Å². The minimum absolute atomic E-state index is 0.0496. The third-order valence-electron chi connectivity index (χ3n) is 1.61. The van der Waals surface area contributed by atoms with Crippen LogP contribution in [0.1, 0.15) is 13.3 Å². The second-order valence-corrected chi connectivity index (χ2v) is 2.74. The molecule has 14 heavy (non-hydrogen) atoms. The van der Waals surface area contributed by atoms with Gasteiger partial charge in [0, 0.05) is 25.4 Å². The minimum Gasteiger partial charge on any atom is -0.316 e. The van der Waals surface area contributed by atoms with Gasteiger partial charge in [-0.3, -0.25) is 9.78 Å². The molecule has 76 valence electrons. The van der Waals surface area contributed by atoms with Gasteiger partial charge in [-0.05, 0) is 6.54 Å². The van der Waals surface area contributed by atoms with Gasteiger partial charge < -0.3 is 10.6 Å². The molecule has 0 unspecified atom stereocenters. The van der Waals surface area contributed by atoms with E-state index in [-0.39, 0.29) is 5.91 Å². The predicted molar refractivity (Wildman–Crippen MR) is 53.8 cm³/mol. The van der Waals surface area contributed by atoms with Gasteiger partial charge in [-0.2, -0.15) is 0 Å². The third kappa shape index (κ3) is 3.95. The van der Waals surface area contributed by atoms with Crippen molar-refractivity contribution in [2.75, 3.05) is 18.4 Å². The van der Waals surface area contributed by atoms with Crippen molar-refractivity contribution in [1.29, 1.82) is 0 Å². The monoisotopic (exact) mass is 194 g/mol. The zero-order valence-corrected chi connectivity index (χ0v) is 8.16. The highest BCUT2D eigenvalue weighted by molar-refractivity contribution is 5.89. The normalized spacial score (nSPS) is 9.79. The van der Waals surface area contributed by atoms with Gasteiger partial charge in [-0.1, -0.05) is 6.92 Å². The van der Waals surface area contributed by atoms with E-state index in [4.69, 9.17) is 0 Å². The average molecular weight is 194 g/mol. The second-order valence-electron chi connectivity index (χ2n) is 2.74. The standard InChI is InChI=1S/C9H14N4O/c1-2-10-4-3-9(14)13-8-7-11-5-6-12-8/h5-7,10H,2-4H2,1H3,(H,12,13,14). The molecule has 0 saturated carbocycles. The first-order chi connectivity index (χ1) is 6.83. The molecular weight excluding hydrogens is 180 g/mol. The summed E-state index contributed by atoms with van der Waals surface area (Å²) in [6.07, 6.45) is 5.07. The Hall–Kier alpha value is -1.49. The first-order valence-electron chi connectivity index (χ1n) is 4.59. The van der Waals surface area contributed by atoms with Crippen LogP contribution in [0.4, 0.5) is 5.82 Å². The van der Waals surface area contributed by atoms with E-state index in [2.05, 4.69) is 20.6 Å². The van der Waals surface area contributed by atoms with Gasteiger partial charge in [0.15, 0.2) is 5.82 Å². The summed E-state index contributed by atoms with van der Waals surface area (Å²) in [5, 5.41) is 5.72. The van der Waals surface area contributed by atoms with E-state index in [0.717, 1.165) is 6.54 Å². The lowest BCUT2D eigenvalue weighted by molar-refractivity contribution is -0.116. The number of carbonyl (C=O) groups is 1. The number of amides is 1. The van der Waals surface area contributed by atoms with Crippen LogP contribution in [-0.4, -0.2) is 29.0 Å². The molecule has 1 rings (SSSR count). The lowest BCUT2D eigenvalue weighted by Crippen LogP contribution is -2.21. The largest absolute Gasteiger partial charge is 0.316 e. The molecule has 0 radical (unpaired) electrons. The van der Waals surface area contributed by atoms with Crippen LogP contribution in [-0.2, 0) is 4.79 Å². The van der Waals surface area contributed by atoms with Crippen molar-refractivity contribution in [3.05, 3.63) is 18.6 Å². The third-order valence-corrected chi connectivity index (χ3v) is 1.61. The van der Waals surface area contributed by atoms with Crippen LogP contribution >= 0.6 is 0 Å². The number of carbonyl (C=O) groups excluding carboxylic acids is 1. The SMILES string of the molecule is CCNCCC(=O)Nc1cnccn1. The Morgan fingerprint density at radius 1 is 1.50 bits per heavy atom. The van der Waals surface area contributed by atoms with Gasteiger partial charge in [0.25, 0.3) is 0 Å². The summed E-state index contributed by atoms with van der Waals surface area (Å²) < 4.78 is 0. The van der Waals surface area contributed by atoms with Crippen molar-refractivity contribution in [3.8, 4) is 0 Å². The first-order valence-corrected chi connectivity index (χ1v) is 4.59. The highest BCUT2D eigenvalue weighted by Gasteiger charge is 2.01. The molecule has 5 nitrogen and oxygen atoms in total. The van der Waals surface area contributed by atoms with E-state index in [1.54, 1.807) is 12.4 Å². The number of hydrogen-bond acceptors (Lipinski definition) is 4. The summed E-state index contributed by atoms with van der Waals surface area (Å²) in [4.78, 5) is 19.0. The Bertz CT molecular complexity index is 275. The van der Waals surface area contributed by atoms with Crippen molar-refractivity contribution in [2.24, 2.45) is 0 Å². The number of aromatic nitrogens is 2. The molecule has 0 saturated heterocycles. The lowest BCUT2D eigenvalue weighted by Gasteiger charge is -2.03. The fourth-order valence-electron chi connectivity index (χ4n) is 0.948. The zero-order valence-electron chi connectivity index (χ0n) is 8.16. The molecule has 1 aromatic rings. The minimum atomic E-state index is -0.0496. The van der Waals surface area contributed by atoms with E-state index >= 15 is 0 Å². The van der Waals surface area contributed by atoms with Crippen LogP contribution in [0.3, 0.4) is 0 Å². The first kappa shape index (κ1) is 10.6. The Morgan fingerprint density at radius 2 is 2.36 bits per heavy atom. The lowest BCUT2D eigenvalue weighted by atomic mass is 10.4. The number of anilines is 1. The van der Waals surface area contributed by atoms with E-state index in [9.17, 15) is 4.79 Å². The van der Waals surface area contributed by atoms with Gasteiger partial charge in [-0.15, -0.1) is 0 Å². The maximum absolute atomic E-state index is 11.3. The van der Waals surface area contributed by atoms with Gasteiger partial charge in [0.2, 0.25) is 5.91 Å². The molecule has 0 aromatic carbocycles. The number of hydrogen-bond donors (Lipinski definition) is 2. The summed E-state index contributed by atoms with van der Waals surface area (Å²) in [5.74, 6) is 0.445. The maximum Gasteiger partial charge on any atom is 0.226 e. The van der Waals surface area contributed by atoms with Gasteiger partial charge in [0.1, 0.15) is 0 Å². The molecule has 0 bridgehead atoms. The molecule has 0 aliphatic heterocycles. The van der Waals surface area contributed by atoms with E-state index < -0.39 is 0 Å². The Balaban J connectivity index is 2.27. The van der Waals surface area contributed by atoms with Crippen LogP contribution < -0.4 is 10.6 Å². The Labute approximate surface area is 83.0 Å². The van der Waals surface area contributed by atoms with Crippen molar-refractivity contribution in [1.82, 2.24) is 15.3 Å². The Morgan fingerprint density at radius 3 is 3.00 bits per heavy atom. The highest BCUT2D eigenvalue weighted by Crippen LogP contribution is 1.97. The van der Waals surface area contributed by atoms with Crippen molar-refractivity contribution >= 4 is 11.7 Å². The van der Waals surface area contributed by atoms with Crippen LogP contribution in [0.15, 0.2) is 18.6 Å². The average Bonchev–Trinajstić information content (AvgIpc) is 2.20. The maximum atomic E-state index is 11.3. The smallest absolute Gasteiger partial charge is 0.226 e. The summed E-state index contributed by atoms with van der Waals surface area (Å²) in [7, 11) is 0. The van der Waals surface area contributed by atoms with Crippen LogP contribution in [0.25, 0.3) is 0 Å².